The van der Waals surface area contributed by atoms with Gasteiger partial charge < -0.3 is 9.80 Å². The summed E-state index contributed by atoms with van der Waals surface area (Å²) in [6.45, 7) is 4.24. The largest absolute Gasteiger partial charge is 0.347 e. The van der Waals surface area contributed by atoms with Crippen molar-refractivity contribution in [3.63, 3.8) is 0 Å². The molecule has 0 unspecified atom stereocenters. The first-order chi connectivity index (χ1) is 13.1. The molecule has 4 rings (SSSR count). The molecule has 8 nitrogen and oxygen atoms in total. The zero-order chi connectivity index (χ0) is 18.8. The lowest BCUT2D eigenvalue weighted by molar-refractivity contribution is 0.240. The molecule has 2 aliphatic rings. The number of nitrogens with one attached hydrogen (secondary N) is 1. The van der Waals surface area contributed by atoms with Crippen molar-refractivity contribution in [3.8, 4) is 0 Å². The van der Waals surface area contributed by atoms with Crippen molar-refractivity contribution in [2.24, 2.45) is 0 Å². The molecule has 2 aromatic rings. The zero-order valence-corrected chi connectivity index (χ0v) is 16.1. The van der Waals surface area contributed by atoms with E-state index in [4.69, 9.17) is 4.98 Å². The predicted molar refractivity (Wildman–Crippen MR) is 105 cm³/mol. The van der Waals surface area contributed by atoms with E-state index in [0.29, 0.717) is 12.5 Å². The molecule has 2 aromatic heterocycles. The van der Waals surface area contributed by atoms with Crippen molar-refractivity contribution in [1.82, 2.24) is 24.8 Å². The molecule has 1 N–H and O–H groups in total. The third kappa shape index (κ3) is 3.95. The van der Waals surface area contributed by atoms with E-state index in [9.17, 15) is 4.79 Å². The topological polar surface area (TPSA) is 81.3 Å². The van der Waals surface area contributed by atoms with E-state index < -0.39 is 0 Å². The lowest BCUT2D eigenvalue weighted by atomic mass is 10.1. The van der Waals surface area contributed by atoms with Crippen molar-refractivity contribution in [2.75, 3.05) is 43.5 Å². The number of aromatic nitrogens is 4. The summed E-state index contributed by atoms with van der Waals surface area (Å²) in [5, 5.41) is 0. The highest BCUT2D eigenvalue weighted by Gasteiger charge is 2.23. The molecule has 144 valence electrons. The fraction of sp³-hybridized carbons (Fsp3) is 0.579. The van der Waals surface area contributed by atoms with Crippen molar-refractivity contribution in [2.45, 2.75) is 38.8 Å². The summed E-state index contributed by atoms with van der Waals surface area (Å²) in [5.41, 5.74) is 2.85. The molecule has 0 atom stereocenters. The molecule has 4 heterocycles. The Morgan fingerprint density at radius 1 is 1.11 bits per heavy atom. The molecule has 0 bridgehead atoms. The van der Waals surface area contributed by atoms with Crippen LogP contribution in [-0.2, 0) is 19.5 Å². The molecule has 1 fully saturated rings. The monoisotopic (exact) mass is 369 g/mol. The van der Waals surface area contributed by atoms with Gasteiger partial charge in [-0.25, -0.2) is 15.0 Å². The average molecular weight is 369 g/mol. The minimum atomic E-state index is 0.0268. The van der Waals surface area contributed by atoms with E-state index >= 15 is 0 Å². The van der Waals surface area contributed by atoms with Gasteiger partial charge in [-0.05, 0) is 25.7 Å². The van der Waals surface area contributed by atoms with Crippen LogP contribution in [0.3, 0.4) is 0 Å². The van der Waals surface area contributed by atoms with E-state index in [1.165, 1.54) is 6.42 Å². The molecular weight excluding hydrogens is 342 g/mol. The Hall–Kier alpha value is -2.48. The number of anilines is 2. The number of aromatic amines is 1. The van der Waals surface area contributed by atoms with E-state index in [0.717, 1.165) is 68.2 Å². The van der Waals surface area contributed by atoms with E-state index in [-0.39, 0.29) is 5.56 Å². The smallest absolute Gasteiger partial charge is 0.255 e. The van der Waals surface area contributed by atoms with Gasteiger partial charge in [0.15, 0.2) is 0 Å². The van der Waals surface area contributed by atoms with Crippen molar-refractivity contribution < 1.29 is 0 Å². The second kappa shape index (κ2) is 7.64. The van der Waals surface area contributed by atoms with Crippen LogP contribution in [0.4, 0.5) is 11.9 Å². The predicted octanol–water partition coefficient (Wildman–Crippen LogP) is 1.17. The van der Waals surface area contributed by atoms with Gasteiger partial charge in [-0.1, -0.05) is 0 Å². The summed E-state index contributed by atoms with van der Waals surface area (Å²) in [4.78, 5) is 35.5. The van der Waals surface area contributed by atoms with Crippen LogP contribution < -0.4 is 15.4 Å². The van der Waals surface area contributed by atoms with Crippen molar-refractivity contribution >= 4 is 11.9 Å². The van der Waals surface area contributed by atoms with E-state index in [1.54, 1.807) is 0 Å². The molecule has 8 heteroatoms. The maximum atomic E-state index is 12.5. The van der Waals surface area contributed by atoms with E-state index in [1.807, 2.05) is 31.4 Å². The maximum Gasteiger partial charge on any atom is 0.255 e. The molecule has 0 aromatic carbocycles. The minimum Gasteiger partial charge on any atom is -0.347 e. The summed E-state index contributed by atoms with van der Waals surface area (Å²) in [6, 6.07) is 0. The number of piperidine rings is 1. The molecule has 0 aliphatic carbocycles. The number of fused-ring (bicyclic) bond motifs is 1. The SMILES string of the molecule is CN(C)c1ncc(CN2CCc3c(nc(N4CCCCC4)[nH]c3=O)C2)cn1. The van der Waals surface area contributed by atoms with Crippen LogP contribution in [-0.4, -0.2) is 58.6 Å². The van der Waals surface area contributed by atoms with Crippen LogP contribution in [0, 0.1) is 0 Å². The standard InChI is InChI=1S/C19H27N7O/c1-24(2)18-20-10-14(11-21-18)12-25-9-6-15-16(13-25)22-19(23-17(15)27)26-7-4-3-5-8-26/h10-11H,3-9,12-13H2,1-2H3,(H,22,23,27). The summed E-state index contributed by atoms with van der Waals surface area (Å²) in [6.07, 6.45) is 8.07. The highest BCUT2D eigenvalue weighted by Crippen LogP contribution is 2.20. The van der Waals surface area contributed by atoms with Gasteiger partial charge in [0.1, 0.15) is 0 Å². The molecule has 0 radical (unpaired) electrons. The Bertz CT molecular complexity index is 840. The third-order valence-corrected chi connectivity index (χ3v) is 5.29. The molecule has 0 saturated carbocycles. The third-order valence-electron chi connectivity index (χ3n) is 5.29. The van der Waals surface area contributed by atoms with Gasteiger partial charge in [-0.15, -0.1) is 0 Å². The summed E-state index contributed by atoms with van der Waals surface area (Å²) in [5.74, 6) is 1.45. The Labute approximate surface area is 159 Å². The molecule has 0 spiro atoms. The lowest BCUT2D eigenvalue weighted by Gasteiger charge is -2.30. The number of hydrogen-bond donors (Lipinski definition) is 1. The Kier molecular flexibility index (Phi) is 5.07. The van der Waals surface area contributed by atoms with Crippen molar-refractivity contribution in [1.29, 1.82) is 0 Å². The quantitative estimate of drug-likeness (QED) is 0.866. The average Bonchev–Trinajstić information content (AvgIpc) is 2.69. The fourth-order valence-corrected chi connectivity index (χ4v) is 3.79. The second-order valence-electron chi connectivity index (χ2n) is 7.61. The zero-order valence-electron chi connectivity index (χ0n) is 16.1. The molecule has 1 saturated heterocycles. The Balaban J connectivity index is 1.49. The number of H-pyrrole nitrogens is 1. The number of hydrogen-bond acceptors (Lipinski definition) is 7. The number of nitrogens with zero attached hydrogens (tertiary/aromatic N) is 6. The first kappa shape index (κ1) is 17.9. The van der Waals surface area contributed by atoms with Gasteiger partial charge in [0.05, 0.1) is 5.69 Å². The summed E-state index contributed by atoms with van der Waals surface area (Å²) < 4.78 is 0. The minimum absolute atomic E-state index is 0.0268. The molecule has 2 aliphatic heterocycles. The highest BCUT2D eigenvalue weighted by atomic mass is 16.1. The Morgan fingerprint density at radius 2 is 1.85 bits per heavy atom. The maximum absolute atomic E-state index is 12.5. The first-order valence-electron chi connectivity index (χ1n) is 9.68. The number of rotatable bonds is 4. The van der Waals surface area contributed by atoms with Crippen LogP contribution in [0.25, 0.3) is 0 Å². The fourth-order valence-electron chi connectivity index (χ4n) is 3.79. The first-order valence-corrected chi connectivity index (χ1v) is 9.68. The van der Waals surface area contributed by atoms with Crippen LogP contribution in [0.2, 0.25) is 0 Å². The molecule has 27 heavy (non-hydrogen) atoms. The van der Waals surface area contributed by atoms with Gasteiger partial charge >= 0.3 is 0 Å². The highest BCUT2D eigenvalue weighted by molar-refractivity contribution is 5.35. The van der Waals surface area contributed by atoms with E-state index in [2.05, 4.69) is 24.8 Å². The summed E-state index contributed by atoms with van der Waals surface area (Å²) >= 11 is 0. The molecular formula is C19H27N7O. The van der Waals surface area contributed by atoms with Gasteiger partial charge in [-0.2, -0.15) is 0 Å². The van der Waals surface area contributed by atoms with Gasteiger partial charge in [-0.3, -0.25) is 14.7 Å². The normalized spacial score (nSPS) is 17.6. The van der Waals surface area contributed by atoms with Gasteiger partial charge in [0.2, 0.25) is 11.9 Å². The van der Waals surface area contributed by atoms with Gasteiger partial charge in [0, 0.05) is 70.3 Å². The van der Waals surface area contributed by atoms with Gasteiger partial charge in [0.25, 0.3) is 5.56 Å². The van der Waals surface area contributed by atoms with Crippen molar-refractivity contribution in [3.05, 3.63) is 39.6 Å². The summed E-state index contributed by atoms with van der Waals surface area (Å²) in [7, 11) is 3.86. The lowest BCUT2D eigenvalue weighted by Crippen LogP contribution is -2.38. The van der Waals surface area contributed by atoms with Crippen LogP contribution in [0.1, 0.15) is 36.1 Å². The van der Waals surface area contributed by atoms with Crippen LogP contribution >= 0.6 is 0 Å². The Morgan fingerprint density at radius 3 is 2.56 bits per heavy atom. The van der Waals surface area contributed by atoms with Crippen LogP contribution in [0.5, 0.6) is 0 Å². The van der Waals surface area contributed by atoms with Crippen LogP contribution in [0.15, 0.2) is 17.2 Å². The molecule has 0 amide bonds. The second-order valence-corrected chi connectivity index (χ2v) is 7.61.